The predicted octanol–water partition coefficient (Wildman–Crippen LogP) is 3.47. The van der Waals surface area contributed by atoms with E-state index in [1.165, 1.54) is 27.4 Å². The third-order valence-corrected chi connectivity index (χ3v) is 4.22. The van der Waals surface area contributed by atoms with Crippen molar-refractivity contribution in [3.63, 3.8) is 0 Å². The van der Waals surface area contributed by atoms with E-state index >= 15 is 0 Å². The maximum absolute atomic E-state index is 3.52. The molecule has 3 nitrogen and oxygen atoms in total. The standard InChI is InChI=1S/C19H25N3/c1-4-22-18-8-6-5-7-16(18)17-13-15(9-10-19(17)22)14-20-11-12-21(2)3/h5-10,13,20H,4,11-12,14H2,1-3H3. The molecule has 0 aliphatic heterocycles. The highest BCUT2D eigenvalue weighted by Gasteiger charge is 2.09. The van der Waals surface area contributed by atoms with Crippen molar-refractivity contribution in [2.75, 3.05) is 27.2 Å². The fraction of sp³-hybridized carbons (Fsp3) is 0.368. The Balaban J connectivity index is 1.91. The lowest BCUT2D eigenvalue weighted by atomic mass is 10.1. The molecule has 3 heteroatoms. The van der Waals surface area contributed by atoms with Gasteiger partial charge in [-0.25, -0.2) is 0 Å². The van der Waals surface area contributed by atoms with E-state index in [9.17, 15) is 0 Å². The van der Waals surface area contributed by atoms with Crippen LogP contribution in [0.3, 0.4) is 0 Å². The van der Waals surface area contributed by atoms with Crippen molar-refractivity contribution < 1.29 is 0 Å². The number of rotatable bonds is 6. The molecule has 0 unspecified atom stereocenters. The molecule has 0 fully saturated rings. The van der Waals surface area contributed by atoms with Gasteiger partial charge in [-0.1, -0.05) is 24.3 Å². The molecule has 0 aliphatic rings. The number of benzene rings is 2. The molecule has 116 valence electrons. The number of hydrogen-bond donors (Lipinski definition) is 1. The lowest BCUT2D eigenvalue weighted by Crippen LogP contribution is -2.26. The highest BCUT2D eigenvalue weighted by Crippen LogP contribution is 2.29. The predicted molar refractivity (Wildman–Crippen MR) is 95.4 cm³/mol. The molecule has 0 saturated heterocycles. The van der Waals surface area contributed by atoms with Crippen LogP contribution in [0.1, 0.15) is 12.5 Å². The molecule has 0 aliphatic carbocycles. The van der Waals surface area contributed by atoms with Gasteiger partial charge in [-0.2, -0.15) is 0 Å². The first-order valence-corrected chi connectivity index (χ1v) is 8.06. The molecule has 0 spiro atoms. The zero-order valence-electron chi connectivity index (χ0n) is 13.8. The van der Waals surface area contributed by atoms with Crippen molar-refractivity contribution in [2.24, 2.45) is 0 Å². The first-order valence-electron chi connectivity index (χ1n) is 8.06. The Morgan fingerprint density at radius 2 is 1.77 bits per heavy atom. The third kappa shape index (κ3) is 2.87. The molecule has 0 saturated carbocycles. The van der Waals surface area contributed by atoms with E-state index in [0.29, 0.717) is 0 Å². The van der Waals surface area contributed by atoms with E-state index in [2.05, 4.69) is 78.3 Å². The van der Waals surface area contributed by atoms with E-state index in [4.69, 9.17) is 0 Å². The van der Waals surface area contributed by atoms with Crippen LogP contribution in [0.15, 0.2) is 42.5 Å². The summed E-state index contributed by atoms with van der Waals surface area (Å²) in [6, 6.07) is 15.5. The maximum Gasteiger partial charge on any atom is 0.0491 e. The Bertz CT molecular complexity index is 771. The third-order valence-electron chi connectivity index (χ3n) is 4.22. The summed E-state index contributed by atoms with van der Waals surface area (Å²) in [5.74, 6) is 0. The minimum Gasteiger partial charge on any atom is -0.341 e. The smallest absolute Gasteiger partial charge is 0.0491 e. The second-order valence-electron chi connectivity index (χ2n) is 6.09. The summed E-state index contributed by atoms with van der Waals surface area (Å²) in [6.07, 6.45) is 0. The molecule has 0 atom stereocenters. The number of fused-ring (bicyclic) bond motifs is 3. The molecule has 22 heavy (non-hydrogen) atoms. The van der Waals surface area contributed by atoms with Crippen LogP contribution in [0.5, 0.6) is 0 Å². The van der Waals surface area contributed by atoms with Crippen molar-refractivity contribution in [2.45, 2.75) is 20.0 Å². The molecule has 0 bridgehead atoms. The fourth-order valence-corrected chi connectivity index (χ4v) is 3.09. The number of para-hydroxylation sites is 1. The number of likely N-dealkylation sites (N-methyl/N-ethyl adjacent to an activating group) is 1. The Morgan fingerprint density at radius 3 is 2.55 bits per heavy atom. The molecule has 3 aromatic rings. The summed E-state index contributed by atoms with van der Waals surface area (Å²) in [6.45, 7) is 6.22. The molecule has 0 amide bonds. The van der Waals surface area contributed by atoms with Crippen LogP contribution in [-0.4, -0.2) is 36.7 Å². The number of nitrogens with one attached hydrogen (secondary N) is 1. The largest absolute Gasteiger partial charge is 0.341 e. The molecule has 2 aromatic carbocycles. The van der Waals surface area contributed by atoms with Crippen LogP contribution in [-0.2, 0) is 13.1 Å². The highest BCUT2D eigenvalue weighted by molar-refractivity contribution is 6.08. The van der Waals surface area contributed by atoms with Crippen molar-refractivity contribution in [3.05, 3.63) is 48.0 Å². The van der Waals surface area contributed by atoms with Gasteiger partial charge < -0.3 is 14.8 Å². The molecule has 0 radical (unpaired) electrons. The summed E-state index contributed by atoms with van der Waals surface area (Å²) < 4.78 is 2.40. The summed E-state index contributed by atoms with van der Waals surface area (Å²) in [4.78, 5) is 2.20. The Morgan fingerprint density at radius 1 is 1.00 bits per heavy atom. The average Bonchev–Trinajstić information content (AvgIpc) is 2.84. The van der Waals surface area contributed by atoms with E-state index in [-0.39, 0.29) is 0 Å². The van der Waals surface area contributed by atoms with Crippen LogP contribution in [0.25, 0.3) is 21.8 Å². The van der Waals surface area contributed by atoms with Gasteiger partial charge in [0.25, 0.3) is 0 Å². The van der Waals surface area contributed by atoms with E-state index in [1.807, 2.05) is 0 Å². The summed E-state index contributed by atoms with van der Waals surface area (Å²) in [5, 5.41) is 6.24. The molecular formula is C19H25N3. The molecule has 1 N–H and O–H groups in total. The quantitative estimate of drug-likeness (QED) is 0.703. The number of aryl methyl sites for hydroxylation is 1. The van der Waals surface area contributed by atoms with Gasteiger partial charge in [-0.05, 0) is 44.8 Å². The summed E-state index contributed by atoms with van der Waals surface area (Å²) in [7, 11) is 4.21. The van der Waals surface area contributed by atoms with E-state index < -0.39 is 0 Å². The van der Waals surface area contributed by atoms with Gasteiger partial charge in [0.2, 0.25) is 0 Å². The highest BCUT2D eigenvalue weighted by atomic mass is 15.1. The topological polar surface area (TPSA) is 20.2 Å². The van der Waals surface area contributed by atoms with Crippen LogP contribution in [0.4, 0.5) is 0 Å². The second-order valence-corrected chi connectivity index (χ2v) is 6.09. The Hall–Kier alpha value is -1.84. The maximum atomic E-state index is 3.52. The SMILES string of the molecule is CCn1c2ccccc2c2cc(CNCCN(C)C)ccc21. The van der Waals surface area contributed by atoms with Crippen LogP contribution in [0, 0.1) is 0 Å². The first kappa shape index (κ1) is 15.1. The summed E-state index contributed by atoms with van der Waals surface area (Å²) in [5.41, 5.74) is 4.02. The zero-order valence-corrected chi connectivity index (χ0v) is 13.8. The van der Waals surface area contributed by atoms with Crippen LogP contribution in [0.2, 0.25) is 0 Å². The minimum absolute atomic E-state index is 0.926. The molecule has 1 heterocycles. The van der Waals surface area contributed by atoms with Gasteiger partial charge >= 0.3 is 0 Å². The average molecular weight is 295 g/mol. The van der Waals surface area contributed by atoms with Crippen molar-refractivity contribution in [1.29, 1.82) is 0 Å². The van der Waals surface area contributed by atoms with Crippen molar-refractivity contribution in [3.8, 4) is 0 Å². The van der Waals surface area contributed by atoms with Gasteiger partial charge in [-0.3, -0.25) is 0 Å². The van der Waals surface area contributed by atoms with Gasteiger partial charge in [0.1, 0.15) is 0 Å². The van der Waals surface area contributed by atoms with Crippen molar-refractivity contribution >= 4 is 21.8 Å². The first-order chi connectivity index (χ1) is 10.7. The Labute approximate surface area is 132 Å². The lowest BCUT2D eigenvalue weighted by Gasteiger charge is -2.10. The van der Waals surface area contributed by atoms with Crippen LogP contribution >= 0.6 is 0 Å². The van der Waals surface area contributed by atoms with Crippen molar-refractivity contribution in [1.82, 2.24) is 14.8 Å². The second kappa shape index (κ2) is 6.51. The molecule has 1 aromatic heterocycles. The lowest BCUT2D eigenvalue weighted by molar-refractivity contribution is 0.400. The van der Waals surface area contributed by atoms with Gasteiger partial charge in [-0.15, -0.1) is 0 Å². The molecule has 3 rings (SSSR count). The van der Waals surface area contributed by atoms with Gasteiger partial charge in [0.05, 0.1) is 0 Å². The van der Waals surface area contributed by atoms with E-state index in [0.717, 1.165) is 26.2 Å². The Kier molecular flexibility index (Phi) is 4.46. The number of nitrogens with zero attached hydrogens (tertiary/aromatic N) is 2. The minimum atomic E-state index is 0.926. The molecular weight excluding hydrogens is 270 g/mol. The van der Waals surface area contributed by atoms with Gasteiger partial charge in [0.15, 0.2) is 0 Å². The number of hydrogen-bond acceptors (Lipinski definition) is 2. The summed E-state index contributed by atoms with van der Waals surface area (Å²) >= 11 is 0. The van der Waals surface area contributed by atoms with Gasteiger partial charge in [0, 0.05) is 48.0 Å². The fourth-order valence-electron chi connectivity index (χ4n) is 3.09. The normalized spacial score (nSPS) is 11.8. The van der Waals surface area contributed by atoms with Crippen LogP contribution < -0.4 is 5.32 Å². The monoisotopic (exact) mass is 295 g/mol. The zero-order chi connectivity index (χ0) is 15.5. The number of aromatic nitrogens is 1. The van der Waals surface area contributed by atoms with E-state index in [1.54, 1.807) is 0 Å².